The highest BCUT2D eigenvalue weighted by Crippen LogP contribution is 2.26. The second kappa shape index (κ2) is 17.6. The van der Waals surface area contributed by atoms with Gasteiger partial charge in [0.2, 0.25) is 5.91 Å². The molecule has 0 spiro atoms. The van der Waals surface area contributed by atoms with Gasteiger partial charge >= 0.3 is 12.1 Å². The number of amides is 3. The van der Waals surface area contributed by atoms with E-state index in [1.807, 2.05) is 31.2 Å². The molecule has 2 aromatic heterocycles. The molecule has 1 fully saturated rings. The van der Waals surface area contributed by atoms with E-state index >= 15 is 0 Å². The highest BCUT2D eigenvalue weighted by molar-refractivity contribution is 5.95. The number of cyclic esters (lactones) is 1. The van der Waals surface area contributed by atoms with Crippen LogP contribution in [-0.2, 0) is 25.5 Å². The molecule has 2 aliphatic rings. The van der Waals surface area contributed by atoms with Gasteiger partial charge in [-0.1, -0.05) is 80.1 Å². The number of aromatic nitrogens is 2. The van der Waals surface area contributed by atoms with Crippen LogP contribution in [0.1, 0.15) is 56.4 Å². The Morgan fingerprint density at radius 2 is 2.00 bits per heavy atom. The predicted molar refractivity (Wildman–Crippen MR) is 194 cm³/mol. The molecule has 2 bridgehead atoms. The van der Waals surface area contributed by atoms with Crippen molar-refractivity contribution in [1.82, 2.24) is 20.2 Å². The zero-order valence-corrected chi connectivity index (χ0v) is 29.6. The van der Waals surface area contributed by atoms with Crippen LogP contribution in [0.5, 0.6) is 0 Å². The minimum atomic E-state index is -0.876. The van der Waals surface area contributed by atoms with Gasteiger partial charge in [-0.15, -0.1) is 0 Å². The van der Waals surface area contributed by atoms with Gasteiger partial charge in [0.25, 0.3) is 5.91 Å². The third-order valence-electron chi connectivity index (χ3n) is 8.91. The summed E-state index contributed by atoms with van der Waals surface area (Å²) in [5, 5.41) is 17.8. The average molecular weight is 712 g/mol. The molecule has 3 amide bonds. The van der Waals surface area contributed by atoms with Gasteiger partial charge in [0.15, 0.2) is 11.6 Å². The van der Waals surface area contributed by atoms with Crippen LogP contribution in [0.15, 0.2) is 95.3 Å². The van der Waals surface area contributed by atoms with E-state index in [0.29, 0.717) is 30.8 Å². The van der Waals surface area contributed by atoms with Crippen LogP contribution in [0.3, 0.4) is 0 Å². The molecule has 5 atom stereocenters. The van der Waals surface area contributed by atoms with Crippen molar-refractivity contribution in [2.75, 3.05) is 25.0 Å². The van der Waals surface area contributed by atoms with Gasteiger partial charge in [-0.3, -0.25) is 14.9 Å². The molecule has 1 aromatic carbocycles. The molecule has 0 aliphatic carbocycles. The van der Waals surface area contributed by atoms with Crippen molar-refractivity contribution >= 4 is 40.5 Å². The van der Waals surface area contributed by atoms with E-state index in [4.69, 9.17) is 13.9 Å². The maximum absolute atomic E-state index is 13.8. The summed E-state index contributed by atoms with van der Waals surface area (Å²) in [6.07, 6.45) is 10.2. The minimum absolute atomic E-state index is 0.0508. The first kappa shape index (κ1) is 37.7. The predicted octanol–water partition coefficient (Wildman–Crippen LogP) is 5.30. The van der Waals surface area contributed by atoms with Crippen LogP contribution in [0.2, 0.25) is 0 Å². The molecule has 0 unspecified atom stereocenters. The molecular formula is C39H45N5O8. The van der Waals surface area contributed by atoms with Gasteiger partial charge in [-0.2, -0.15) is 0 Å². The Kier molecular flexibility index (Phi) is 12.7. The molecule has 5 rings (SSSR count). The number of aliphatic hydroxyl groups is 1. The Morgan fingerprint density at radius 1 is 1.21 bits per heavy atom. The monoisotopic (exact) mass is 711 g/mol. The smallest absolute Gasteiger partial charge is 0.412 e. The fraction of sp³-hybridized carbons (Fsp3) is 0.385. The number of fused-ring (bicyclic) bond motifs is 4. The van der Waals surface area contributed by atoms with Gasteiger partial charge in [0.05, 0.1) is 12.7 Å². The lowest BCUT2D eigenvalue weighted by atomic mass is 9.93. The number of hydrogen-bond acceptors (Lipinski definition) is 10. The van der Waals surface area contributed by atoms with Gasteiger partial charge < -0.3 is 29.2 Å². The SMILES string of the molecule is C=C1Cc2nc(co2)C(=O)N2CCC[C@@H]2C(=O)O[C@H]([C@H](C)COC(=O)Nc2cc3ccccc3cn2)[C@H](C)/C=C/C(=O)NC/C=C/C(C)=C/[C@@H](O)C1. The number of rotatable bonds is 4. The third-order valence-corrected chi connectivity index (χ3v) is 8.91. The second-order valence-corrected chi connectivity index (χ2v) is 13.3. The van der Waals surface area contributed by atoms with Gasteiger partial charge in [-0.25, -0.2) is 19.6 Å². The molecular weight excluding hydrogens is 666 g/mol. The number of esters is 1. The van der Waals surface area contributed by atoms with E-state index in [1.54, 1.807) is 50.4 Å². The zero-order valence-electron chi connectivity index (χ0n) is 29.6. The van der Waals surface area contributed by atoms with Gasteiger partial charge in [0.1, 0.15) is 24.2 Å². The van der Waals surface area contributed by atoms with Crippen LogP contribution in [0.25, 0.3) is 10.8 Å². The van der Waals surface area contributed by atoms with Crippen molar-refractivity contribution in [2.45, 2.75) is 64.7 Å². The summed E-state index contributed by atoms with van der Waals surface area (Å²) in [5.74, 6) is -1.86. The lowest BCUT2D eigenvalue weighted by molar-refractivity contribution is -0.159. The van der Waals surface area contributed by atoms with E-state index in [0.717, 1.165) is 16.3 Å². The maximum atomic E-state index is 13.8. The molecule has 0 radical (unpaired) electrons. The summed E-state index contributed by atoms with van der Waals surface area (Å²) in [4.78, 5) is 62.8. The number of ether oxygens (including phenoxy) is 2. The lowest BCUT2D eigenvalue weighted by Gasteiger charge is -2.30. The second-order valence-electron chi connectivity index (χ2n) is 13.3. The first-order valence-electron chi connectivity index (χ1n) is 17.4. The van der Waals surface area contributed by atoms with Crippen LogP contribution in [0, 0.1) is 11.8 Å². The standard InChI is InChI=1S/C39H45N5O8/c1-24-9-7-15-40-34(46)14-13-26(3)36(27(4)22-51-39(49)43-33-20-28-10-5-6-11-29(28)21-41-33)52-38(48)32-12-8-16-44(32)37(47)31-23-50-35(42-31)19-25(2)18-30(45)17-24/h5-7,9-11,13-14,17,20-21,23,26-27,30,32,36,45H,2,8,12,15-16,18-19,22H2,1,3-4H3,(H,40,46)(H,41,43,49)/b9-7+,14-13+,24-17+/t26-,27-,30-,32-,36+/m1/s1. The number of benzene rings is 1. The van der Waals surface area contributed by atoms with Gasteiger partial charge in [0, 0.05) is 42.9 Å². The van der Waals surface area contributed by atoms with Crippen LogP contribution >= 0.6 is 0 Å². The van der Waals surface area contributed by atoms with Crippen LogP contribution in [0.4, 0.5) is 10.6 Å². The fourth-order valence-corrected chi connectivity index (χ4v) is 6.25. The molecule has 274 valence electrons. The van der Waals surface area contributed by atoms with E-state index in [1.165, 1.54) is 17.2 Å². The Hall–Kier alpha value is -5.56. The van der Waals surface area contributed by atoms with E-state index < -0.39 is 48.1 Å². The number of carbonyl (C=O) groups excluding carboxylic acids is 4. The number of hydrogen-bond donors (Lipinski definition) is 3. The number of carbonyl (C=O) groups is 4. The molecule has 1 saturated heterocycles. The molecule has 13 heteroatoms. The molecule has 3 N–H and O–H groups in total. The summed E-state index contributed by atoms with van der Waals surface area (Å²) in [5.41, 5.74) is 1.50. The summed E-state index contributed by atoms with van der Waals surface area (Å²) in [6, 6.07) is 8.48. The zero-order chi connectivity index (χ0) is 37.2. The van der Waals surface area contributed by atoms with Crippen LogP contribution in [-0.4, -0.2) is 81.8 Å². The van der Waals surface area contributed by atoms with Crippen molar-refractivity contribution in [3.8, 4) is 0 Å². The Morgan fingerprint density at radius 3 is 2.81 bits per heavy atom. The quantitative estimate of drug-likeness (QED) is 0.238. The average Bonchev–Trinajstić information content (AvgIpc) is 3.80. The number of pyridine rings is 1. The number of anilines is 1. The molecule has 13 nitrogen and oxygen atoms in total. The highest BCUT2D eigenvalue weighted by Gasteiger charge is 2.39. The number of aliphatic hydroxyl groups excluding tert-OH is 1. The summed E-state index contributed by atoms with van der Waals surface area (Å²) in [6.45, 7) is 9.87. The summed E-state index contributed by atoms with van der Waals surface area (Å²) < 4.78 is 17.2. The van der Waals surface area contributed by atoms with Crippen molar-refractivity contribution in [3.63, 3.8) is 0 Å². The van der Waals surface area contributed by atoms with Crippen molar-refractivity contribution in [3.05, 3.63) is 102 Å². The molecule has 4 heterocycles. The van der Waals surface area contributed by atoms with E-state index in [2.05, 4.69) is 27.2 Å². The lowest BCUT2D eigenvalue weighted by Crippen LogP contribution is -2.44. The Labute approximate surface area is 302 Å². The summed E-state index contributed by atoms with van der Waals surface area (Å²) >= 11 is 0. The third kappa shape index (κ3) is 10.3. The largest absolute Gasteiger partial charge is 0.460 e. The fourth-order valence-electron chi connectivity index (χ4n) is 6.25. The maximum Gasteiger partial charge on any atom is 0.412 e. The number of nitrogens with one attached hydrogen (secondary N) is 2. The normalized spacial score (nSPS) is 25.2. The molecule has 0 saturated carbocycles. The molecule has 52 heavy (non-hydrogen) atoms. The first-order chi connectivity index (χ1) is 25.0. The molecule has 3 aromatic rings. The van der Waals surface area contributed by atoms with E-state index in [-0.39, 0.29) is 43.5 Å². The van der Waals surface area contributed by atoms with Crippen molar-refractivity contribution < 1.29 is 38.2 Å². The van der Waals surface area contributed by atoms with Gasteiger partial charge in [-0.05, 0) is 43.7 Å². The highest BCUT2D eigenvalue weighted by atomic mass is 16.6. The minimum Gasteiger partial charge on any atom is -0.460 e. The first-order valence-corrected chi connectivity index (χ1v) is 17.4. The van der Waals surface area contributed by atoms with E-state index in [9.17, 15) is 24.3 Å². The van der Waals surface area contributed by atoms with Crippen molar-refractivity contribution in [2.24, 2.45) is 11.8 Å². The number of nitrogens with zero attached hydrogens (tertiary/aromatic N) is 3. The number of allylic oxidation sites excluding steroid dienone is 2. The number of oxazole rings is 1. The Bertz CT molecular complexity index is 1880. The van der Waals surface area contributed by atoms with Crippen molar-refractivity contribution in [1.29, 1.82) is 0 Å². The topological polar surface area (TPSA) is 173 Å². The molecule has 2 aliphatic heterocycles. The Balaban J connectivity index is 1.32. The summed E-state index contributed by atoms with van der Waals surface area (Å²) in [7, 11) is 0. The van der Waals surface area contributed by atoms with Crippen LogP contribution < -0.4 is 10.6 Å².